The summed E-state index contributed by atoms with van der Waals surface area (Å²) in [4.78, 5) is 3.84. The number of nitrogens with zero attached hydrogens (tertiary/aromatic N) is 2. The Bertz CT molecular complexity index is 303. The van der Waals surface area contributed by atoms with Crippen LogP contribution in [-0.2, 0) is 6.42 Å². The van der Waals surface area contributed by atoms with Crippen LogP contribution in [-0.4, -0.2) is 4.98 Å². The number of nitrogens with two attached hydrogens (primary N) is 1. The standard InChI is InChI=1S/C7H6BrN3/c8-6-4-11-7(10)3-5(6)1-2-9/h3-4H,1H2,(H2,10,11). The summed E-state index contributed by atoms with van der Waals surface area (Å²) < 4.78 is 0.827. The van der Waals surface area contributed by atoms with Crippen molar-refractivity contribution in [2.45, 2.75) is 6.42 Å². The maximum absolute atomic E-state index is 8.40. The van der Waals surface area contributed by atoms with E-state index in [1.165, 1.54) is 0 Å². The summed E-state index contributed by atoms with van der Waals surface area (Å²) in [6, 6.07) is 3.73. The molecule has 0 fully saturated rings. The first kappa shape index (κ1) is 8.02. The zero-order chi connectivity index (χ0) is 8.27. The normalized spacial score (nSPS) is 9.09. The Labute approximate surface area is 73.0 Å². The van der Waals surface area contributed by atoms with E-state index in [4.69, 9.17) is 11.0 Å². The Morgan fingerprint density at radius 1 is 1.73 bits per heavy atom. The van der Waals surface area contributed by atoms with E-state index in [9.17, 15) is 0 Å². The molecule has 2 N–H and O–H groups in total. The molecule has 0 unspecified atom stereocenters. The van der Waals surface area contributed by atoms with Crippen LogP contribution in [0.3, 0.4) is 0 Å². The van der Waals surface area contributed by atoms with E-state index in [-0.39, 0.29) is 0 Å². The van der Waals surface area contributed by atoms with Crippen molar-refractivity contribution in [1.29, 1.82) is 5.26 Å². The molecule has 0 saturated carbocycles. The number of nitriles is 1. The summed E-state index contributed by atoms with van der Waals surface area (Å²) in [6.07, 6.45) is 1.95. The van der Waals surface area contributed by atoms with E-state index < -0.39 is 0 Å². The van der Waals surface area contributed by atoms with Crippen LogP contribution in [0.5, 0.6) is 0 Å². The maximum Gasteiger partial charge on any atom is 0.123 e. The second kappa shape index (κ2) is 3.35. The van der Waals surface area contributed by atoms with E-state index in [2.05, 4.69) is 20.9 Å². The van der Waals surface area contributed by atoms with E-state index >= 15 is 0 Å². The summed E-state index contributed by atoms with van der Waals surface area (Å²) in [5, 5.41) is 8.40. The van der Waals surface area contributed by atoms with E-state index in [0.717, 1.165) is 10.0 Å². The largest absolute Gasteiger partial charge is 0.384 e. The van der Waals surface area contributed by atoms with Crippen molar-refractivity contribution >= 4 is 21.7 Å². The molecule has 1 rings (SSSR count). The van der Waals surface area contributed by atoms with Gasteiger partial charge in [0, 0.05) is 10.7 Å². The number of pyridine rings is 1. The summed E-state index contributed by atoms with van der Waals surface area (Å²) >= 11 is 3.26. The van der Waals surface area contributed by atoms with Crippen molar-refractivity contribution in [1.82, 2.24) is 4.98 Å². The number of hydrogen-bond donors (Lipinski definition) is 1. The maximum atomic E-state index is 8.40. The fourth-order valence-corrected chi connectivity index (χ4v) is 1.08. The molecule has 11 heavy (non-hydrogen) atoms. The van der Waals surface area contributed by atoms with Gasteiger partial charge in [0.2, 0.25) is 0 Å². The third-order valence-corrected chi connectivity index (χ3v) is 1.94. The van der Waals surface area contributed by atoms with Gasteiger partial charge in [-0.3, -0.25) is 0 Å². The lowest BCUT2D eigenvalue weighted by molar-refractivity contribution is 1.20. The van der Waals surface area contributed by atoms with Gasteiger partial charge in [0.15, 0.2) is 0 Å². The highest BCUT2D eigenvalue weighted by Gasteiger charge is 1.99. The lowest BCUT2D eigenvalue weighted by Gasteiger charge is -1.98. The molecule has 4 heteroatoms. The van der Waals surface area contributed by atoms with Gasteiger partial charge in [-0.1, -0.05) is 0 Å². The number of hydrogen-bond acceptors (Lipinski definition) is 3. The number of anilines is 1. The molecule has 1 heterocycles. The molecule has 0 aliphatic carbocycles. The van der Waals surface area contributed by atoms with Crippen molar-refractivity contribution in [2.24, 2.45) is 0 Å². The predicted octanol–water partition coefficient (Wildman–Crippen LogP) is 1.49. The van der Waals surface area contributed by atoms with E-state index in [0.29, 0.717) is 12.2 Å². The van der Waals surface area contributed by atoms with Crippen LogP contribution in [0.1, 0.15) is 5.56 Å². The molecule has 0 radical (unpaired) electrons. The van der Waals surface area contributed by atoms with Gasteiger partial charge >= 0.3 is 0 Å². The number of nitrogen functional groups attached to an aromatic ring is 1. The van der Waals surface area contributed by atoms with E-state index in [1.54, 1.807) is 12.3 Å². The van der Waals surface area contributed by atoms with Gasteiger partial charge < -0.3 is 5.73 Å². The third kappa shape index (κ3) is 1.92. The number of aromatic nitrogens is 1. The van der Waals surface area contributed by atoms with Crippen LogP contribution in [0, 0.1) is 11.3 Å². The Kier molecular flexibility index (Phi) is 2.44. The smallest absolute Gasteiger partial charge is 0.123 e. The molecule has 0 aliphatic rings. The fourth-order valence-electron chi connectivity index (χ4n) is 0.719. The molecule has 0 spiro atoms. The van der Waals surface area contributed by atoms with Gasteiger partial charge in [-0.2, -0.15) is 5.26 Å². The quantitative estimate of drug-likeness (QED) is 0.766. The predicted molar refractivity (Wildman–Crippen MR) is 45.7 cm³/mol. The topological polar surface area (TPSA) is 62.7 Å². The zero-order valence-corrected chi connectivity index (χ0v) is 7.30. The summed E-state index contributed by atoms with van der Waals surface area (Å²) in [7, 11) is 0. The Morgan fingerprint density at radius 2 is 2.45 bits per heavy atom. The van der Waals surface area contributed by atoms with Crippen molar-refractivity contribution < 1.29 is 0 Å². The van der Waals surface area contributed by atoms with Crippen LogP contribution < -0.4 is 5.73 Å². The van der Waals surface area contributed by atoms with Crippen LogP contribution >= 0.6 is 15.9 Å². The highest BCUT2D eigenvalue weighted by Crippen LogP contribution is 2.17. The first-order valence-corrected chi connectivity index (χ1v) is 3.80. The van der Waals surface area contributed by atoms with Gasteiger partial charge in [0.25, 0.3) is 0 Å². The van der Waals surface area contributed by atoms with Gasteiger partial charge in [-0.05, 0) is 27.6 Å². The average molecular weight is 212 g/mol. The van der Waals surface area contributed by atoms with Crippen LogP contribution in [0.2, 0.25) is 0 Å². The highest BCUT2D eigenvalue weighted by molar-refractivity contribution is 9.10. The summed E-state index contributed by atoms with van der Waals surface area (Å²) in [5.74, 6) is 0.443. The van der Waals surface area contributed by atoms with Gasteiger partial charge in [-0.15, -0.1) is 0 Å². The fraction of sp³-hybridized carbons (Fsp3) is 0.143. The molecule has 1 aromatic heterocycles. The average Bonchev–Trinajstić information content (AvgIpc) is 1.98. The molecule has 0 amide bonds. The molecule has 0 bridgehead atoms. The minimum atomic E-state index is 0.354. The molecule has 0 aliphatic heterocycles. The molecule has 3 nitrogen and oxygen atoms in total. The molecular weight excluding hydrogens is 206 g/mol. The number of rotatable bonds is 1. The second-order valence-corrected chi connectivity index (χ2v) is 2.89. The van der Waals surface area contributed by atoms with Crippen molar-refractivity contribution in [3.8, 4) is 6.07 Å². The summed E-state index contributed by atoms with van der Waals surface area (Å²) in [5.41, 5.74) is 6.29. The minimum Gasteiger partial charge on any atom is -0.384 e. The summed E-state index contributed by atoms with van der Waals surface area (Å²) in [6.45, 7) is 0. The lowest BCUT2D eigenvalue weighted by Crippen LogP contribution is -1.92. The van der Waals surface area contributed by atoms with Crippen molar-refractivity contribution in [2.75, 3.05) is 5.73 Å². The Morgan fingerprint density at radius 3 is 3.09 bits per heavy atom. The zero-order valence-electron chi connectivity index (χ0n) is 5.71. The molecule has 1 aromatic rings. The number of halogens is 1. The molecule has 0 atom stereocenters. The Balaban J connectivity index is 3.05. The Hall–Kier alpha value is -1.08. The second-order valence-electron chi connectivity index (χ2n) is 2.04. The molecule has 0 saturated heterocycles. The van der Waals surface area contributed by atoms with Gasteiger partial charge in [-0.25, -0.2) is 4.98 Å². The van der Waals surface area contributed by atoms with Crippen LogP contribution in [0.15, 0.2) is 16.7 Å². The lowest BCUT2D eigenvalue weighted by atomic mass is 10.2. The minimum absolute atomic E-state index is 0.354. The first-order valence-electron chi connectivity index (χ1n) is 3.01. The first-order chi connectivity index (χ1) is 5.24. The van der Waals surface area contributed by atoms with Crippen LogP contribution in [0.25, 0.3) is 0 Å². The van der Waals surface area contributed by atoms with Gasteiger partial charge in [0.05, 0.1) is 12.5 Å². The van der Waals surface area contributed by atoms with Gasteiger partial charge in [0.1, 0.15) is 5.82 Å². The van der Waals surface area contributed by atoms with Crippen LogP contribution in [0.4, 0.5) is 5.82 Å². The molecule has 0 aromatic carbocycles. The highest BCUT2D eigenvalue weighted by atomic mass is 79.9. The SMILES string of the molecule is N#CCc1cc(N)ncc1Br. The monoisotopic (exact) mass is 211 g/mol. The molecular formula is C7H6BrN3. The van der Waals surface area contributed by atoms with Crippen molar-refractivity contribution in [3.05, 3.63) is 22.3 Å². The third-order valence-electron chi connectivity index (χ3n) is 1.23. The van der Waals surface area contributed by atoms with Crippen molar-refractivity contribution in [3.63, 3.8) is 0 Å². The van der Waals surface area contributed by atoms with E-state index in [1.807, 2.05) is 6.07 Å². The molecule has 56 valence electrons.